The number of hydrogen-bond acceptors (Lipinski definition) is 6. The van der Waals surface area contributed by atoms with E-state index >= 15 is 0 Å². The van der Waals surface area contributed by atoms with Crippen LogP contribution < -0.4 is 5.32 Å². The van der Waals surface area contributed by atoms with Gasteiger partial charge in [0.2, 0.25) is 0 Å². The van der Waals surface area contributed by atoms with Gasteiger partial charge in [0.05, 0.1) is 5.39 Å². The normalized spacial score (nSPS) is 14.6. The van der Waals surface area contributed by atoms with Crippen molar-refractivity contribution >= 4 is 38.7 Å². The molecule has 0 aliphatic heterocycles. The van der Waals surface area contributed by atoms with Crippen LogP contribution in [-0.2, 0) is 12.8 Å². The SMILES string of the molecule is c1ccc(C(Nc2ncnc3sc4c(c23)CCC4)c2nccs2)cc1. The molecule has 3 aromatic heterocycles. The van der Waals surface area contributed by atoms with Gasteiger partial charge >= 0.3 is 0 Å². The van der Waals surface area contributed by atoms with Crippen molar-refractivity contribution in [3.05, 3.63) is 69.2 Å². The van der Waals surface area contributed by atoms with Gasteiger partial charge in [-0.05, 0) is 30.4 Å². The maximum atomic E-state index is 4.59. The molecule has 6 heteroatoms. The van der Waals surface area contributed by atoms with Crippen LogP contribution in [0.4, 0.5) is 5.82 Å². The maximum absolute atomic E-state index is 4.59. The van der Waals surface area contributed by atoms with Crippen molar-refractivity contribution in [2.75, 3.05) is 5.32 Å². The lowest BCUT2D eigenvalue weighted by atomic mass is 10.1. The molecule has 0 saturated carbocycles. The quantitative estimate of drug-likeness (QED) is 0.563. The van der Waals surface area contributed by atoms with Crippen molar-refractivity contribution in [3.8, 4) is 0 Å². The number of thiophene rings is 1. The van der Waals surface area contributed by atoms with Crippen molar-refractivity contribution in [1.29, 1.82) is 0 Å². The third-order valence-electron chi connectivity index (χ3n) is 4.61. The summed E-state index contributed by atoms with van der Waals surface area (Å²) in [6.45, 7) is 0. The predicted molar refractivity (Wildman–Crippen MR) is 103 cm³/mol. The summed E-state index contributed by atoms with van der Waals surface area (Å²) in [5.41, 5.74) is 2.63. The van der Waals surface area contributed by atoms with E-state index in [4.69, 9.17) is 0 Å². The number of aryl methyl sites for hydroxylation is 2. The van der Waals surface area contributed by atoms with Crippen LogP contribution >= 0.6 is 22.7 Å². The molecule has 25 heavy (non-hydrogen) atoms. The zero-order valence-corrected chi connectivity index (χ0v) is 15.1. The Morgan fingerprint density at radius 2 is 1.96 bits per heavy atom. The zero-order valence-electron chi connectivity index (χ0n) is 13.5. The largest absolute Gasteiger partial charge is 0.356 e. The molecule has 0 amide bonds. The molecule has 5 rings (SSSR count). The van der Waals surface area contributed by atoms with Crippen LogP contribution in [0.3, 0.4) is 0 Å². The van der Waals surface area contributed by atoms with Crippen LogP contribution in [0.25, 0.3) is 10.2 Å². The van der Waals surface area contributed by atoms with E-state index in [1.54, 1.807) is 17.7 Å². The van der Waals surface area contributed by atoms with Gasteiger partial charge < -0.3 is 5.32 Å². The molecule has 4 aromatic rings. The molecule has 0 fully saturated rings. The van der Waals surface area contributed by atoms with Gasteiger partial charge in [0.25, 0.3) is 0 Å². The molecule has 3 heterocycles. The van der Waals surface area contributed by atoms with E-state index in [2.05, 4.69) is 44.5 Å². The van der Waals surface area contributed by atoms with Crippen molar-refractivity contribution in [2.24, 2.45) is 0 Å². The van der Waals surface area contributed by atoms with Crippen molar-refractivity contribution < 1.29 is 0 Å². The minimum Gasteiger partial charge on any atom is -0.356 e. The number of thiazole rings is 1. The van der Waals surface area contributed by atoms with Crippen LogP contribution in [0.5, 0.6) is 0 Å². The molecule has 1 aliphatic rings. The molecule has 1 atom stereocenters. The van der Waals surface area contributed by atoms with Gasteiger partial charge in [-0.1, -0.05) is 30.3 Å². The summed E-state index contributed by atoms with van der Waals surface area (Å²) in [5.74, 6) is 0.924. The fraction of sp³-hybridized carbons (Fsp3) is 0.211. The third kappa shape index (κ3) is 2.62. The second kappa shape index (κ2) is 6.20. The van der Waals surface area contributed by atoms with E-state index in [0.29, 0.717) is 0 Å². The van der Waals surface area contributed by atoms with Crippen molar-refractivity contribution in [3.63, 3.8) is 0 Å². The second-order valence-corrected chi connectivity index (χ2v) is 8.13. The van der Waals surface area contributed by atoms with Gasteiger partial charge in [0.15, 0.2) is 0 Å². The van der Waals surface area contributed by atoms with Crippen LogP contribution in [0.2, 0.25) is 0 Å². The van der Waals surface area contributed by atoms with E-state index < -0.39 is 0 Å². The summed E-state index contributed by atoms with van der Waals surface area (Å²) in [7, 11) is 0. The summed E-state index contributed by atoms with van der Waals surface area (Å²) >= 11 is 3.48. The Morgan fingerprint density at radius 1 is 1.04 bits per heavy atom. The Bertz CT molecular complexity index is 1010. The van der Waals surface area contributed by atoms with E-state index in [1.807, 2.05) is 29.0 Å². The first-order valence-corrected chi connectivity index (χ1v) is 10.1. The van der Waals surface area contributed by atoms with Crippen LogP contribution in [0, 0.1) is 0 Å². The highest BCUT2D eigenvalue weighted by atomic mass is 32.1. The van der Waals surface area contributed by atoms with Crippen molar-refractivity contribution in [2.45, 2.75) is 25.3 Å². The first-order chi connectivity index (χ1) is 12.4. The van der Waals surface area contributed by atoms with Gasteiger partial charge in [0, 0.05) is 16.5 Å². The summed E-state index contributed by atoms with van der Waals surface area (Å²) in [6.07, 6.45) is 7.06. The van der Waals surface area contributed by atoms with E-state index in [1.165, 1.54) is 34.2 Å². The Kier molecular flexibility index (Phi) is 3.72. The molecular weight excluding hydrogens is 348 g/mol. The number of aromatic nitrogens is 3. The number of nitrogens with one attached hydrogen (secondary N) is 1. The Hall–Kier alpha value is -2.31. The van der Waals surface area contributed by atoms with Gasteiger partial charge in [-0.2, -0.15) is 0 Å². The summed E-state index contributed by atoms with van der Waals surface area (Å²) < 4.78 is 0. The minimum absolute atomic E-state index is 0.00347. The Morgan fingerprint density at radius 3 is 2.80 bits per heavy atom. The first kappa shape index (κ1) is 15.0. The smallest absolute Gasteiger partial charge is 0.139 e. The fourth-order valence-corrected chi connectivity index (χ4v) is 5.43. The second-order valence-electron chi connectivity index (χ2n) is 6.12. The molecule has 1 aromatic carbocycles. The number of fused-ring (bicyclic) bond motifs is 3. The predicted octanol–water partition coefficient (Wildman–Crippen LogP) is 4.84. The van der Waals surface area contributed by atoms with Crippen LogP contribution in [0.15, 0.2) is 48.2 Å². The molecule has 0 bridgehead atoms. The highest BCUT2D eigenvalue weighted by molar-refractivity contribution is 7.19. The molecule has 124 valence electrons. The number of rotatable bonds is 4. The van der Waals surface area contributed by atoms with Gasteiger partial charge in [-0.3, -0.25) is 0 Å². The lowest BCUT2D eigenvalue weighted by Crippen LogP contribution is -2.13. The molecule has 1 N–H and O–H groups in total. The Labute approximate surface area is 153 Å². The highest BCUT2D eigenvalue weighted by Crippen LogP contribution is 2.40. The summed E-state index contributed by atoms with van der Waals surface area (Å²) in [4.78, 5) is 16.2. The van der Waals surface area contributed by atoms with E-state index in [9.17, 15) is 0 Å². The summed E-state index contributed by atoms with van der Waals surface area (Å²) in [6, 6.07) is 10.4. The van der Waals surface area contributed by atoms with E-state index in [0.717, 1.165) is 22.1 Å². The Balaban J connectivity index is 1.62. The molecule has 4 nitrogen and oxygen atoms in total. The molecular formula is C19H16N4S2. The highest BCUT2D eigenvalue weighted by Gasteiger charge is 2.24. The zero-order chi connectivity index (χ0) is 16.6. The number of nitrogens with zero attached hydrogens (tertiary/aromatic N) is 3. The van der Waals surface area contributed by atoms with Gasteiger partial charge in [0.1, 0.15) is 28.0 Å². The lowest BCUT2D eigenvalue weighted by molar-refractivity contribution is 0.906. The summed E-state index contributed by atoms with van der Waals surface area (Å²) in [5, 5.41) is 7.93. The van der Waals surface area contributed by atoms with E-state index in [-0.39, 0.29) is 6.04 Å². The first-order valence-electron chi connectivity index (χ1n) is 8.36. The average Bonchev–Trinajstić information content (AvgIpc) is 3.37. The third-order valence-corrected chi connectivity index (χ3v) is 6.65. The lowest BCUT2D eigenvalue weighted by Gasteiger charge is -2.18. The molecule has 0 saturated heterocycles. The topological polar surface area (TPSA) is 50.7 Å². The standard InChI is InChI=1S/C19H16N4S2/c1-2-5-12(6-3-1)16(19-20-9-10-24-19)23-17-15-13-7-4-8-14(13)25-18(15)22-11-21-17/h1-3,5-6,9-11,16H,4,7-8H2,(H,21,22,23). The van der Waals surface area contributed by atoms with Crippen LogP contribution in [-0.4, -0.2) is 15.0 Å². The number of benzene rings is 1. The molecule has 0 spiro atoms. The molecule has 1 unspecified atom stereocenters. The minimum atomic E-state index is -0.00347. The average molecular weight is 364 g/mol. The molecule has 0 radical (unpaired) electrons. The molecule has 1 aliphatic carbocycles. The van der Waals surface area contributed by atoms with Gasteiger partial charge in [-0.25, -0.2) is 15.0 Å². The van der Waals surface area contributed by atoms with Gasteiger partial charge in [-0.15, -0.1) is 22.7 Å². The van der Waals surface area contributed by atoms with Crippen LogP contribution in [0.1, 0.15) is 33.5 Å². The maximum Gasteiger partial charge on any atom is 0.139 e. The monoisotopic (exact) mass is 364 g/mol. The number of anilines is 1. The fourth-order valence-electron chi connectivity index (χ4n) is 3.48. The van der Waals surface area contributed by atoms with Crippen molar-refractivity contribution in [1.82, 2.24) is 15.0 Å². The number of hydrogen-bond donors (Lipinski definition) is 1.